The molecule has 0 aromatic heterocycles. The molecule has 0 bridgehead atoms. The zero-order chi connectivity index (χ0) is 22.8. The van der Waals surface area contributed by atoms with Gasteiger partial charge in [-0.1, -0.05) is 29.8 Å². The number of cyclic esters (lactones) is 1. The van der Waals surface area contributed by atoms with E-state index < -0.39 is 36.3 Å². The lowest BCUT2D eigenvalue weighted by atomic mass is 9.95. The van der Waals surface area contributed by atoms with Crippen molar-refractivity contribution in [2.45, 2.75) is 13.0 Å². The standard InChI is InChI=1S/C22H19ClFN3O5/c1-2-31-17-6-4-3-5-13(17)20-19-16(11-32-21(19)29)27(22(30)26-20)10-18(28)25-15-8-7-12(23)9-14(15)24/h3-9,20H,2,10-11H2,1H3,(H,25,28)(H,26,30)/t20-/m1/s1. The fraction of sp³-hybridized carbons (Fsp3) is 0.227. The van der Waals surface area contributed by atoms with Crippen LogP contribution in [0.2, 0.25) is 5.02 Å². The predicted molar refractivity (Wildman–Crippen MR) is 114 cm³/mol. The van der Waals surface area contributed by atoms with Crippen LogP contribution >= 0.6 is 11.6 Å². The molecule has 0 aliphatic carbocycles. The molecule has 2 aromatic carbocycles. The van der Waals surface area contributed by atoms with Crippen molar-refractivity contribution in [1.29, 1.82) is 0 Å². The Morgan fingerprint density at radius 2 is 2.09 bits per heavy atom. The topological polar surface area (TPSA) is 97.0 Å². The van der Waals surface area contributed by atoms with Crippen LogP contribution in [-0.2, 0) is 14.3 Å². The monoisotopic (exact) mass is 459 g/mol. The first-order valence-electron chi connectivity index (χ1n) is 9.83. The lowest BCUT2D eigenvalue weighted by Crippen LogP contribution is -2.49. The average molecular weight is 460 g/mol. The quantitative estimate of drug-likeness (QED) is 0.645. The number of urea groups is 1. The maximum absolute atomic E-state index is 14.0. The van der Waals surface area contributed by atoms with Crippen LogP contribution < -0.4 is 15.4 Å². The van der Waals surface area contributed by atoms with Crippen molar-refractivity contribution < 1.29 is 28.2 Å². The molecule has 2 N–H and O–H groups in total. The molecule has 2 heterocycles. The molecule has 3 amide bonds. The summed E-state index contributed by atoms with van der Waals surface area (Å²) >= 11 is 5.72. The van der Waals surface area contributed by atoms with E-state index in [0.717, 1.165) is 11.0 Å². The summed E-state index contributed by atoms with van der Waals surface area (Å²) in [5, 5.41) is 5.34. The highest BCUT2D eigenvalue weighted by molar-refractivity contribution is 6.30. The zero-order valence-corrected chi connectivity index (χ0v) is 17.7. The van der Waals surface area contributed by atoms with E-state index in [9.17, 15) is 18.8 Å². The number of rotatable bonds is 6. The van der Waals surface area contributed by atoms with Crippen LogP contribution in [0.15, 0.2) is 53.7 Å². The van der Waals surface area contributed by atoms with Crippen LogP contribution in [0.3, 0.4) is 0 Å². The minimum Gasteiger partial charge on any atom is -0.494 e. The minimum absolute atomic E-state index is 0.0757. The molecule has 2 aliphatic rings. The van der Waals surface area contributed by atoms with Crippen molar-refractivity contribution in [2.24, 2.45) is 0 Å². The number of ether oxygens (including phenoxy) is 2. The number of benzene rings is 2. The SMILES string of the molecule is CCOc1ccccc1[C@H]1NC(=O)N(CC(=O)Nc2ccc(Cl)cc2F)C2=C1C(=O)OC2. The number of amides is 3. The Bertz CT molecular complexity index is 1140. The lowest BCUT2D eigenvalue weighted by molar-refractivity contribution is -0.136. The van der Waals surface area contributed by atoms with Crippen molar-refractivity contribution in [1.82, 2.24) is 10.2 Å². The van der Waals surface area contributed by atoms with Crippen LogP contribution in [0, 0.1) is 5.82 Å². The first-order chi connectivity index (χ1) is 15.4. The van der Waals surface area contributed by atoms with E-state index in [2.05, 4.69) is 10.6 Å². The number of nitrogens with zero attached hydrogens (tertiary/aromatic N) is 1. The fourth-order valence-electron chi connectivity index (χ4n) is 3.64. The van der Waals surface area contributed by atoms with Gasteiger partial charge in [0, 0.05) is 10.6 Å². The molecule has 8 nitrogen and oxygen atoms in total. The van der Waals surface area contributed by atoms with E-state index in [4.69, 9.17) is 21.1 Å². The lowest BCUT2D eigenvalue weighted by Gasteiger charge is -2.33. The van der Waals surface area contributed by atoms with Gasteiger partial charge in [0.25, 0.3) is 0 Å². The molecule has 0 radical (unpaired) electrons. The number of carbonyl (C=O) groups excluding carboxylic acids is 3. The Morgan fingerprint density at radius 1 is 1.31 bits per heavy atom. The maximum atomic E-state index is 14.0. The van der Waals surface area contributed by atoms with Crippen molar-refractivity contribution in [3.63, 3.8) is 0 Å². The molecule has 1 atom stereocenters. The number of hydrogen-bond donors (Lipinski definition) is 2. The Morgan fingerprint density at radius 3 is 2.84 bits per heavy atom. The van der Waals surface area contributed by atoms with Gasteiger partial charge in [-0.15, -0.1) is 0 Å². The van der Waals surface area contributed by atoms with Gasteiger partial charge in [-0.25, -0.2) is 14.0 Å². The Labute approximate surface area is 187 Å². The summed E-state index contributed by atoms with van der Waals surface area (Å²) in [7, 11) is 0. The van der Waals surface area contributed by atoms with Crippen molar-refractivity contribution in [3.05, 3.63) is 70.1 Å². The number of nitrogens with one attached hydrogen (secondary N) is 2. The fourth-order valence-corrected chi connectivity index (χ4v) is 3.80. The zero-order valence-electron chi connectivity index (χ0n) is 17.0. The van der Waals surface area contributed by atoms with Gasteiger partial charge in [0.05, 0.1) is 29.6 Å². The number of halogens is 2. The van der Waals surface area contributed by atoms with E-state index in [1.165, 1.54) is 12.1 Å². The summed E-state index contributed by atoms with van der Waals surface area (Å²) in [4.78, 5) is 39.0. The highest BCUT2D eigenvalue weighted by Crippen LogP contribution is 2.38. The Hall–Kier alpha value is -3.59. The molecule has 0 saturated heterocycles. The van der Waals surface area contributed by atoms with Crippen molar-refractivity contribution in [3.8, 4) is 5.75 Å². The largest absolute Gasteiger partial charge is 0.494 e. The van der Waals surface area contributed by atoms with Crippen LogP contribution in [0.5, 0.6) is 5.75 Å². The van der Waals surface area contributed by atoms with Crippen LogP contribution in [-0.4, -0.2) is 42.6 Å². The number of carbonyl (C=O) groups is 3. The number of anilines is 1. The molecule has 4 rings (SSSR count). The molecule has 0 fully saturated rings. The Kier molecular flexibility index (Phi) is 6.00. The van der Waals surface area contributed by atoms with Gasteiger partial charge >= 0.3 is 12.0 Å². The first kappa shape index (κ1) is 21.6. The number of esters is 1. The third-order valence-electron chi connectivity index (χ3n) is 5.04. The van der Waals surface area contributed by atoms with Crippen LogP contribution in [0.4, 0.5) is 14.9 Å². The molecule has 0 spiro atoms. The molecular formula is C22H19ClFN3O5. The predicted octanol–water partition coefficient (Wildman–Crippen LogP) is 3.39. The van der Waals surface area contributed by atoms with E-state index >= 15 is 0 Å². The van der Waals surface area contributed by atoms with Gasteiger partial charge in [-0.05, 0) is 31.2 Å². The molecule has 166 valence electrons. The third-order valence-corrected chi connectivity index (χ3v) is 5.27. The van der Waals surface area contributed by atoms with Crippen molar-refractivity contribution >= 4 is 35.2 Å². The summed E-state index contributed by atoms with van der Waals surface area (Å²) in [6, 6.07) is 9.48. The molecule has 2 aromatic rings. The maximum Gasteiger partial charge on any atom is 0.338 e. The number of hydrogen-bond acceptors (Lipinski definition) is 5. The highest BCUT2D eigenvalue weighted by atomic mass is 35.5. The second kappa shape index (κ2) is 8.88. The van der Waals surface area contributed by atoms with E-state index in [1.807, 2.05) is 6.92 Å². The van der Waals surface area contributed by atoms with E-state index in [-0.39, 0.29) is 28.6 Å². The molecular weight excluding hydrogens is 441 g/mol. The summed E-state index contributed by atoms with van der Waals surface area (Å²) in [5.41, 5.74) is 1.03. The summed E-state index contributed by atoms with van der Waals surface area (Å²) in [6.45, 7) is 1.64. The summed E-state index contributed by atoms with van der Waals surface area (Å²) in [5.74, 6) is -1.43. The van der Waals surface area contributed by atoms with Gasteiger partial charge in [-0.2, -0.15) is 0 Å². The molecule has 32 heavy (non-hydrogen) atoms. The van der Waals surface area contributed by atoms with Gasteiger partial charge < -0.3 is 20.1 Å². The molecule has 0 saturated carbocycles. The second-order valence-corrected chi connectivity index (χ2v) is 7.48. The second-order valence-electron chi connectivity index (χ2n) is 7.05. The van der Waals surface area contributed by atoms with Crippen LogP contribution in [0.25, 0.3) is 0 Å². The van der Waals surface area contributed by atoms with Crippen molar-refractivity contribution in [2.75, 3.05) is 25.1 Å². The number of para-hydroxylation sites is 1. The molecule has 2 aliphatic heterocycles. The van der Waals surface area contributed by atoms with Gasteiger partial charge in [0.15, 0.2) is 0 Å². The molecule has 10 heteroatoms. The third kappa shape index (κ3) is 4.11. The Balaban J connectivity index is 1.61. The summed E-state index contributed by atoms with van der Waals surface area (Å²) < 4.78 is 24.8. The minimum atomic E-state index is -0.789. The average Bonchev–Trinajstić information content (AvgIpc) is 3.14. The van der Waals surface area contributed by atoms with Crippen LogP contribution in [0.1, 0.15) is 18.5 Å². The van der Waals surface area contributed by atoms with Gasteiger partial charge in [0.2, 0.25) is 5.91 Å². The normalized spacial score (nSPS) is 17.6. The van der Waals surface area contributed by atoms with E-state index in [0.29, 0.717) is 17.9 Å². The summed E-state index contributed by atoms with van der Waals surface area (Å²) in [6.07, 6.45) is 0. The first-order valence-corrected chi connectivity index (χ1v) is 10.2. The van der Waals surface area contributed by atoms with Gasteiger partial charge in [-0.3, -0.25) is 9.69 Å². The van der Waals surface area contributed by atoms with Gasteiger partial charge in [0.1, 0.15) is 24.7 Å². The van der Waals surface area contributed by atoms with E-state index in [1.54, 1.807) is 24.3 Å². The highest BCUT2D eigenvalue weighted by Gasteiger charge is 2.43. The molecule has 0 unspecified atom stereocenters. The smallest absolute Gasteiger partial charge is 0.338 e.